The first kappa shape index (κ1) is 14.8. The molecule has 0 saturated heterocycles. The van der Waals surface area contributed by atoms with Gasteiger partial charge in [0.05, 0.1) is 11.1 Å². The van der Waals surface area contributed by atoms with Crippen LogP contribution in [0.25, 0.3) is 0 Å². The normalized spacial score (nSPS) is 13.8. The van der Waals surface area contributed by atoms with Gasteiger partial charge in [0, 0.05) is 6.54 Å². The van der Waals surface area contributed by atoms with Gasteiger partial charge in [-0.2, -0.15) is 0 Å². The van der Waals surface area contributed by atoms with Crippen LogP contribution in [0, 0.1) is 0 Å². The Kier molecular flexibility index (Phi) is 5.44. The van der Waals surface area contributed by atoms with Gasteiger partial charge < -0.3 is 15.2 Å². The SMILES string of the molecule is CCNC(=O)C(C)Oc1ccc([C@@H](C)O)cc1Cl. The van der Waals surface area contributed by atoms with E-state index in [1.165, 1.54) is 0 Å². The number of aliphatic hydroxyl groups is 1. The standard InChI is InChI=1S/C13H18ClNO3/c1-4-15-13(17)9(3)18-12-6-5-10(8(2)16)7-11(12)14/h5-9,16H,4H2,1-3H3,(H,15,17)/t8-,9?/m1/s1. The van der Waals surface area contributed by atoms with Crippen LogP contribution in [0.2, 0.25) is 5.02 Å². The number of aliphatic hydroxyl groups excluding tert-OH is 1. The number of hydrogen-bond donors (Lipinski definition) is 2. The lowest BCUT2D eigenvalue weighted by Gasteiger charge is -2.16. The molecule has 0 aliphatic carbocycles. The van der Waals surface area contributed by atoms with Gasteiger partial charge >= 0.3 is 0 Å². The maximum atomic E-state index is 11.5. The maximum absolute atomic E-state index is 11.5. The van der Waals surface area contributed by atoms with Crippen LogP contribution >= 0.6 is 11.6 Å². The molecule has 0 aliphatic heterocycles. The van der Waals surface area contributed by atoms with E-state index >= 15 is 0 Å². The topological polar surface area (TPSA) is 58.6 Å². The first-order valence-corrected chi connectivity index (χ1v) is 6.25. The summed E-state index contributed by atoms with van der Waals surface area (Å²) >= 11 is 6.03. The summed E-state index contributed by atoms with van der Waals surface area (Å²) in [7, 11) is 0. The highest BCUT2D eigenvalue weighted by molar-refractivity contribution is 6.32. The minimum Gasteiger partial charge on any atom is -0.479 e. The third-order valence-electron chi connectivity index (χ3n) is 2.46. The molecule has 1 amide bonds. The average Bonchev–Trinajstić information content (AvgIpc) is 2.31. The highest BCUT2D eigenvalue weighted by atomic mass is 35.5. The Hall–Kier alpha value is -1.26. The molecule has 0 bridgehead atoms. The Balaban J connectivity index is 2.76. The molecule has 1 aromatic rings. The van der Waals surface area contributed by atoms with E-state index in [1.807, 2.05) is 6.92 Å². The Morgan fingerprint density at radius 2 is 2.17 bits per heavy atom. The molecule has 100 valence electrons. The highest BCUT2D eigenvalue weighted by Gasteiger charge is 2.15. The number of ether oxygens (including phenoxy) is 1. The van der Waals surface area contributed by atoms with Crippen LogP contribution in [0.5, 0.6) is 5.75 Å². The van der Waals surface area contributed by atoms with Crippen LogP contribution in [0.3, 0.4) is 0 Å². The van der Waals surface area contributed by atoms with Crippen LogP contribution in [0.1, 0.15) is 32.4 Å². The molecule has 1 unspecified atom stereocenters. The third kappa shape index (κ3) is 3.89. The highest BCUT2D eigenvalue weighted by Crippen LogP contribution is 2.28. The number of halogens is 1. The number of rotatable bonds is 5. The van der Waals surface area contributed by atoms with Gasteiger partial charge in [-0.05, 0) is 38.5 Å². The molecule has 0 spiro atoms. The molecule has 4 nitrogen and oxygen atoms in total. The smallest absolute Gasteiger partial charge is 0.260 e. The summed E-state index contributed by atoms with van der Waals surface area (Å²) in [6.07, 6.45) is -1.20. The van der Waals surface area contributed by atoms with E-state index in [0.717, 1.165) is 0 Å². The minimum atomic E-state index is -0.611. The van der Waals surface area contributed by atoms with E-state index in [0.29, 0.717) is 22.9 Å². The Labute approximate surface area is 112 Å². The van der Waals surface area contributed by atoms with E-state index in [1.54, 1.807) is 32.0 Å². The zero-order valence-electron chi connectivity index (χ0n) is 10.7. The van der Waals surface area contributed by atoms with Gasteiger partial charge in [0.1, 0.15) is 5.75 Å². The number of amides is 1. The number of carbonyl (C=O) groups excluding carboxylic acids is 1. The lowest BCUT2D eigenvalue weighted by molar-refractivity contribution is -0.127. The number of benzene rings is 1. The van der Waals surface area contributed by atoms with E-state index in [-0.39, 0.29) is 5.91 Å². The molecule has 1 aromatic carbocycles. The Bertz CT molecular complexity index is 421. The number of hydrogen-bond acceptors (Lipinski definition) is 3. The molecule has 0 heterocycles. The molecule has 0 aromatic heterocycles. The van der Waals surface area contributed by atoms with Crippen molar-refractivity contribution >= 4 is 17.5 Å². The summed E-state index contributed by atoms with van der Waals surface area (Å²) in [5, 5.41) is 12.5. The fraction of sp³-hybridized carbons (Fsp3) is 0.462. The summed E-state index contributed by atoms with van der Waals surface area (Å²) in [6, 6.07) is 5.00. The van der Waals surface area contributed by atoms with Crippen molar-refractivity contribution in [2.75, 3.05) is 6.54 Å². The van der Waals surface area contributed by atoms with Gasteiger partial charge in [-0.3, -0.25) is 4.79 Å². The summed E-state index contributed by atoms with van der Waals surface area (Å²) in [6.45, 7) is 5.71. The van der Waals surface area contributed by atoms with Crippen molar-refractivity contribution in [3.05, 3.63) is 28.8 Å². The van der Waals surface area contributed by atoms with Crippen molar-refractivity contribution < 1.29 is 14.6 Å². The fourth-order valence-corrected chi connectivity index (χ4v) is 1.67. The average molecular weight is 272 g/mol. The summed E-state index contributed by atoms with van der Waals surface area (Å²) in [4.78, 5) is 11.5. The van der Waals surface area contributed by atoms with E-state index in [2.05, 4.69) is 5.32 Å². The van der Waals surface area contributed by atoms with Crippen molar-refractivity contribution in [1.82, 2.24) is 5.32 Å². The molecule has 5 heteroatoms. The van der Waals surface area contributed by atoms with Crippen LogP contribution in [-0.2, 0) is 4.79 Å². The zero-order chi connectivity index (χ0) is 13.7. The Morgan fingerprint density at radius 1 is 1.50 bits per heavy atom. The first-order chi connectivity index (χ1) is 8.45. The van der Waals surface area contributed by atoms with Gasteiger partial charge in [-0.1, -0.05) is 17.7 Å². The number of nitrogens with one attached hydrogen (secondary N) is 1. The second-order valence-electron chi connectivity index (χ2n) is 4.02. The third-order valence-corrected chi connectivity index (χ3v) is 2.76. The van der Waals surface area contributed by atoms with Crippen LogP contribution in [0.15, 0.2) is 18.2 Å². The summed E-state index contributed by atoms with van der Waals surface area (Å²) in [5.41, 5.74) is 0.706. The lowest BCUT2D eigenvalue weighted by Crippen LogP contribution is -2.36. The number of likely N-dealkylation sites (N-methyl/N-ethyl adjacent to an activating group) is 1. The van der Waals surface area contributed by atoms with Gasteiger partial charge in [-0.25, -0.2) is 0 Å². The molecule has 0 radical (unpaired) electrons. The predicted octanol–water partition coefficient (Wildman–Crippen LogP) is 2.30. The molecule has 0 fully saturated rings. The van der Waals surface area contributed by atoms with Crippen molar-refractivity contribution in [2.45, 2.75) is 33.0 Å². The van der Waals surface area contributed by atoms with Gasteiger partial charge in [0.2, 0.25) is 0 Å². The van der Waals surface area contributed by atoms with E-state index < -0.39 is 12.2 Å². The largest absolute Gasteiger partial charge is 0.479 e. The molecule has 2 atom stereocenters. The molecule has 0 saturated carbocycles. The fourth-order valence-electron chi connectivity index (χ4n) is 1.43. The maximum Gasteiger partial charge on any atom is 0.260 e. The Morgan fingerprint density at radius 3 is 2.67 bits per heavy atom. The van der Waals surface area contributed by atoms with E-state index in [9.17, 15) is 9.90 Å². The summed E-state index contributed by atoms with van der Waals surface area (Å²) < 4.78 is 5.47. The van der Waals surface area contributed by atoms with Crippen LogP contribution in [0.4, 0.5) is 0 Å². The van der Waals surface area contributed by atoms with Gasteiger partial charge in [0.15, 0.2) is 6.10 Å². The quantitative estimate of drug-likeness (QED) is 0.864. The number of carbonyl (C=O) groups is 1. The van der Waals surface area contributed by atoms with Crippen molar-refractivity contribution in [3.8, 4) is 5.75 Å². The van der Waals surface area contributed by atoms with Crippen molar-refractivity contribution in [1.29, 1.82) is 0 Å². The molecular formula is C13H18ClNO3. The van der Waals surface area contributed by atoms with Gasteiger partial charge in [0.25, 0.3) is 5.91 Å². The first-order valence-electron chi connectivity index (χ1n) is 5.87. The van der Waals surface area contributed by atoms with Crippen molar-refractivity contribution in [2.24, 2.45) is 0 Å². The monoisotopic (exact) mass is 271 g/mol. The second-order valence-corrected chi connectivity index (χ2v) is 4.43. The van der Waals surface area contributed by atoms with Crippen LogP contribution < -0.4 is 10.1 Å². The molecule has 18 heavy (non-hydrogen) atoms. The lowest BCUT2D eigenvalue weighted by atomic mass is 10.1. The van der Waals surface area contributed by atoms with Gasteiger partial charge in [-0.15, -0.1) is 0 Å². The molecule has 1 rings (SSSR count). The molecule has 0 aliphatic rings. The van der Waals surface area contributed by atoms with Crippen molar-refractivity contribution in [3.63, 3.8) is 0 Å². The molecular weight excluding hydrogens is 254 g/mol. The minimum absolute atomic E-state index is 0.187. The zero-order valence-corrected chi connectivity index (χ0v) is 11.5. The summed E-state index contributed by atoms with van der Waals surface area (Å²) in [5.74, 6) is 0.244. The van der Waals surface area contributed by atoms with E-state index in [4.69, 9.17) is 16.3 Å². The van der Waals surface area contributed by atoms with Crippen LogP contribution in [-0.4, -0.2) is 23.7 Å². The molecule has 2 N–H and O–H groups in total. The second kappa shape index (κ2) is 6.61. The predicted molar refractivity (Wildman–Crippen MR) is 70.9 cm³/mol.